The second-order valence-electron chi connectivity index (χ2n) is 7.75. The predicted octanol–water partition coefficient (Wildman–Crippen LogP) is 2.01. The van der Waals surface area contributed by atoms with Crippen molar-refractivity contribution in [2.24, 2.45) is 0 Å². The summed E-state index contributed by atoms with van der Waals surface area (Å²) in [4.78, 5) is 6.62. The molecule has 4 rings (SSSR count). The molecular formula is C19H28N6O2. The van der Waals surface area contributed by atoms with Crippen molar-refractivity contribution in [3.63, 3.8) is 0 Å². The Morgan fingerprint density at radius 2 is 1.89 bits per heavy atom. The third-order valence-electron chi connectivity index (χ3n) is 5.64. The summed E-state index contributed by atoms with van der Waals surface area (Å²) in [6.45, 7) is 5.48. The van der Waals surface area contributed by atoms with Crippen LogP contribution >= 0.6 is 0 Å². The van der Waals surface area contributed by atoms with Crippen molar-refractivity contribution in [2.45, 2.75) is 70.6 Å². The van der Waals surface area contributed by atoms with Gasteiger partial charge in [-0.05, 0) is 38.7 Å². The summed E-state index contributed by atoms with van der Waals surface area (Å²) >= 11 is 0. The maximum Gasteiger partial charge on any atom is 0.223 e. The molecule has 0 amide bonds. The number of hydrogen-bond donors (Lipinski definition) is 2. The van der Waals surface area contributed by atoms with Crippen LogP contribution < -0.4 is 10.2 Å². The topological polar surface area (TPSA) is 100 Å². The van der Waals surface area contributed by atoms with E-state index in [4.69, 9.17) is 4.52 Å². The van der Waals surface area contributed by atoms with E-state index in [1.54, 1.807) is 6.92 Å². The molecule has 8 heteroatoms. The van der Waals surface area contributed by atoms with E-state index in [0.29, 0.717) is 17.8 Å². The zero-order valence-electron chi connectivity index (χ0n) is 16.1. The van der Waals surface area contributed by atoms with Crippen LogP contribution in [0.25, 0.3) is 11.4 Å². The number of piperidine rings is 1. The van der Waals surface area contributed by atoms with E-state index >= 15 is 0 Å². The number of rotatable bonds is 4. The SMILES string of the molecule is Cc1cc(-c2noc(C)n2)c(N2CCC(N[C@H]3CCCC[C@@H]3O)CC2)nn1. The Morgan fingerprint density at radius 1 is 1.11 bits per heavy atom. The zero-order chi connectivity index (χ0) is 18.8. The quantitative estimate of drug-likeness (QED) is 0.841. The number of aryl methyl sites for hydroxylation is 2. The van der Waals surface area contributed by atoms with Gasteiger partial charge in [-0.1, -0.05) is 18.0 Å². The van der Waals surface area contributed by atoms with Crippen LogP contribution in [0.1, 0.15) is 50.1 Å². The first-order chi connectivity index (χ1) is 13.1. The molecular weight excluding hydrogens is 344 g/mol. The maximum absolute atomic E-state index is 10.2. The maximum atomic E-state index is 10.2. The van der Waals surface area contributed by atoms with Crippen LogP contribution in [0, 0.1) is 13.8 Å². The van der Waals surface area contributed by atoms with Crippen LogP contribution in [0.2, 0.25) is 0 Å². The van der Waals surface area contributed by atoms with Gasteiger partial charge in [0.25, 0.3) is 0 Å². The minimum Gasteiger partial charge on any atom is -0.392 e. The molecule has 2 N–H and O–H groups in total. The highest BCUT2D eigenvalue weighted by atomic mass is 16.5. The molecule has 146 valence electrons. The molecule has 8 nitrogen and oxygen atoms in total. The summed E-state index contributed by atoms with van der Waals surface area (Å²) in [5.74, 6) is 1.92. The molecule has 1 aliphatic carbocycles. The van der Waals surface area contributed by atoms with E-state index in [1.165, 1.54) is 6.42 Å². The summed E-state index contributed by atoms with van der Waals surface area (Å²) < 4.78 is 5.15. The summed E-state index contributed by atoms with van der Waals surface area (Å²) in [6, 6.07) is 2.65. The Hall–Kier alpha value is -2.06. The van der Waals surface area contributed by atoms with Crippen molar-refractivity contribution in [3.8, 4) is 11.4 Å². The van der Waals surface area contributed by atoms with Gasteiger partial charge in [-0.3, -0.25) is 0 Å². The lowest BCUT2D eigenvalue weighted by molar-refractivity contribution is 0.0828. The van der Waals surface area contributed by atoms with Gasteiger partial charge in [-0.2, -0.15) is 10.1 Å². The second kappa shape index (κ2) is 7.90. The highest BCUT2D eigenvalue weighted by molar-refractivity contribution is 5.70. The third-order valence-corrected chi connectivity index (χ3v) is 5.64. The van der Waals surface area contributed by atoms with Gasteiger partial charge >= 0.3 is 0 Å². The molecule has 0 radical (unpaired) electrons. The van der Waals surface area contributed by atoms with E-state index in [-0.39, 0.29) is 12.1 Å². The van der Waals surface area contributed by atoms with Crippen molar-refractivity contribution < 1.29 is 9.63 Å². The molecule has 27 heavy (non-hydrogen) atoms. The molecule has 2 aliphatic rings. The van der Waals surface area contributed by atoms with Gasteiger partial charge in [0.2, 0.25) is 11.7 Å². The Bertz CT molecular complexity index is 771. The minimum absolute atomic E-state index is 0.201. The molecule has 3 heterocycles. The molecule has 2 atom stereocenters. The number of nitrogens with zero attached hydrogens (tertiary/aromatic N) is 5. The molecule has 0 bridgehead atoms. The summed E-state index contributed by atoms with van der Waals surface area (Å²) in [5, 5.41) is 26.6. The summed E-state index contributed by atoms with van der Waals surface area (Å²) in [6.07, 6.45) is 6.18. The second-order valence-corrected chi connectivity index (χ2v) is 7.75. The van der Waals surface area contributed by atoms with Crippen molar-refractivity contribution in [3.05, 3.63) is 17.7 Å². The van der Waals surface area contributed by atoms with Crippen molar-refractivity contribution in [1.82, 2.24) is 25.7 Å². The number of hydrogen-bond acceptors (Lipinski definition) is 8. The average molecular weight is 372 g/mol. The molecule has 2 aromatic rings. The third kappa shape index (κ3) is 4.11. The molecule has 1 aliphatic heterocycles. The van der Waals surface area contributed by atoms with Gasteiger partial charge in [0.15, 0.2) is 5.82 Å². The smallest absolute Gasteiger partial charge is 0.223 e. The molecule has 1 saturated carbocycles. The molecule has 2 aromatic heterocycles. The Balaban J connectivity index is 1.44. The number of aliphatic hydroxyl groups is 1. The van der Waals surface area contributed by atoms with Gasteiger partial charge in [0.1, 0.15) is 0 Å². The van der Waals surface area contributed by atoms with E-state index in [9.17, 15) is 5.11 Å². The summed E-state index contributed by atoms with van der Waals surface area (Å²) in [5.41, 5.74) is 1.70. The first-order valence-corrected chi connectivity index (χ1v) is 9.94. The molecule has 0 aromatic carbocycles. The van der Waals surface area contributed by atoms with E-state index in [2.05, 4.69) is 30.6 Å². The van der Waals surface area contributed by atoms with E-state index < -0.39 is 0 Å². The Kier molecular flexibility index (Phi) is 5.36. The Morgan fingerprint density at radius 3 is 2.59 bits per heavy atom. The molecule has 0 unspecified atom stereocenters. The van der Waals surface area contributed by atoms with Crippen molar-refractivity contribution in [1.29, 1.82) is 0 Å². The predicted molar refractivity (Wildman–Crippen MR) is 101 cm³/mol. The van der Waals surface area contributed by atoms with Crippen molar-refractivity contribution in [2.75, 3.05) is 18.0 Å². The van der Waals surface area contributed by atoms with Gasteiger partial charge in [0, 0.05) is 32.1 Å². The monoisotopic (exact) mass is 372 g/mol. The van der Waals surface area contributed by atoms with E-state index in [0.717, 1.165) is 62.3 Å². The standard InChI is InChI=1S/C19H28N6O2/c1-12-11-15(18-20-13(2)27-24-18)19(23-22-12)25-9-7-14(8-10-25)21-16-5-3-4-6-17(16)26/h11,14,16-17,21,26H,3-10H2,1-2H3/t16-,17-/m0/s1. The first-order valence-electron chi connectivity index (χ1n) is 9.94. The number of nitrogens with one attached hydrogen (secondary N) is 1. The van der Waals surface area contributed by atoms with Crippen LogP contribution in [0.15, 0.2) is 10.6 Å². The van der Waals surface area contributed by atoms with E-state index in [1.807, 2.05) is 13.0 Å². The van der Waals surface area contributed by atoms with Crippen LogP contribution in [-0.4, -0.2) is 56.7 Å². The van der Waals surface area contributed by atoms with Crippen LogP contribution in [0.4, 0.5) is 5.82 Å². The van der Waals surface area contributed by atoms with Gasteiger partial charge in [-0.15, -0.1) is 5.10 Å². The fraction of sp³-hybridized carbons (Fsp3) is 0.684. The minimum atomic E-state index is -0.201. The normalized spacial score (nSPS) is 24.3. The average Bonchev–Trinajstić information content (AvgIpc) is 3.11. The largest absolute Gasteiger partial charge is 0.392 e. The van der Waals surface area contributed by atoms with Gasteiger partial charge < -0.3 is 19.8 Å². The highest BCUT2D eigenvalue weighted by Gasteiger charge is 2.29. The number of anilines is 1. The number of aliphatic hydroxyl groups excluding tert-OH is 1. The lowest BCUT2D eigenvalue weighted by atomic mass is 9.91. The molecule has 0 spiro atoms. The number of aromatic nitrogens is 4. The fourth-order valence-electron chi connectivity index (χ4n) is 4.16. The lowest BCUT2D eigenvalue weighted by Gasteiger charge is -2.37. The highest BCUT2D eigenvalue weighted by Crippen LogP contribution is 2.29. The summed E-state index contributed by atoms with van der Waals surface area (Å²) in [7, 11) is 0. The van der Waals surface area contributed by atoms with Crippen LogP contribution in [-0.2, 0) is 0 Å². The Labute approximate surface area is 159 Å². The molecule has 2 fully saturated rings. The van der Waals surface area contributed by atoms with Crippen LogP contribution in [0.3, 0.4) is 0 Å². The van der Waals surface area contributed by atoms with Gasteiger partial charge in [0.05, 0.1) is 17.4 Å². The first kappa shape index (κ1) is 18.3. The van der Waals surface area contributed by atoms with Crippen LogP contribution in [0.5, 0.6) is 0 Å². The zero-order valence-corrected chi connectivity index (χ0v) is 16.1. The fourth-order valence-corrected chi connectivity index (χ4v) is 4.16. The van der Waals surface area contributed by atoms with Gasteiger partial charge in [-0.25, -0.2) is 0 Å². The van der Waals surface area contributed by atoms with Crippen molar-refractivity contribution >= 4 is 5.82 Å². The lowest BCUT2D eigenvalue weighted by Crippen LogP contribution is -2.51. The molecule has 1 saturated heterocycles.